The van der Waals surface area contributed by atoms with E-state index in [0.29, 0.717) is 4.90 Å². The Labute approximate surface area is 114 Å². The highest BCUT2D eigenvalue weighted by atomic mass is 32.2. The van der Waals surface area contributed by atoms with E-state index < -0.39 is 10.0 Å². The Morgan fingerprint density at radius 3 is 2.53 bits per heavy atom. The number of benzene rings is 1. The van der Waals surface area contributed by atoms with Crippen molar-refractivity contribution >= 4 is 15.7 Å². The van der Waals surface area contributed by atoms with Gasteiger partial charge in [0, 0.05) is 24.7 Å². The molecule has 0 amide bonds. The standard InChI is InChI=1S/C14H18N2O2S/c1-2-3-4-11-15-12-7-9-14(10-8-12)19(17,18)16-13-5-6-13/h1,7-10,13,15-16H,3-6,11H2. The van der Waals surface area contributed by atoms with Gasteiger partial charge in [-0.2, -0.15) is 0 Å². The number of hydrogen-bond acceptors (Lipinski definition) is 3. The normalized spacial score (nSPS) is 14.9. The number of sulfonamides is 1. The molecule has 102 valence electrons. The van der Waals surface area contributed by atoms with Crippen LogP contribution in [0.15, 0.2) is 29.2 Å². The minimum absolute atomic E-state index is 0.131. The predicted molar refractivity (Wildman–Crippen MR) is 76.3 cm³/mol. The second kappa shape index (κ2) is 6.09. The molecule has 0 atom stereocenters. The summed E-state index contributed by atoms with van der Waals surface area (Å²) >= 11 is 0. The van der Waals surface area contributed by atoms with Gasteiger partial charge in [-0.05, 0) is 43.5 Å². The zero-order chi connectivity index (χ0) is 13.7. The molecule has 1 saturated carbocycles. The lowest BCUT2D eigenvalue weighted by Crippen LogP contribution is -2.25. The highest BCUT2D eigenvalue weighted by Gasteiger charge is 2.27. The number of hydrogen-bond donors (Lipinski definition) is 2. The van der Waals surface area contributed by atoms with Crippen molar-refractivity contribution in [3.05, 3.63) is 24.3 Å². The molecule has 2 rings (SSSR count). The van der Waals surface area contributed by atoms with Crippen LogP contribution in [0.2, 0.25) is 0 Å². The molecule has 0 heterocycles. The fraction of sp³-hybridized carbons (Fsp3) is 0.429. The topological polar surface area (TPSA) is 58.2 Å². The van der Waals surface area contributed by atoms with Crippen LogP contribution in [0.25, 0.3) is 0 Å². The molecule has 19 heavy (non-hydrogen) atoms. The predicted octanol–water partition coefficient (Wildman–Crippen LogP) is 1.95. The van der Waals surface area contributed by atoms with Gasteiger partial charge in [0.1, 0.15) is 0 Å². The lowest BCUT2D eigenvalue weighted by Gasteiger charge is -2.08. The van der Waals surface area contributed by atoms with Gasteiger partial charge in [0.05, 0.1) is 4.90 Å². The summed E-state index contributed by atoms with van der Waals surface area (Å²) in [5.74, 6) is 2.58. The Morgan fingerprint density at radius 1 is 1.26 bits per heavy atom. The summed E-state index contributed by atoms with van der Waals surface area (Å²) in [6.07, 6.45) is 8.69. The second-order valence-electron chi connectivity index (χ2n) is 4.65. The molecule has 2 N–H and O–H groups in total. The lowest BCUT2D eigenvalue weighted by molar-refractivity contribution is 0.581. The van der Waals surface area contributed by atoms with Crippen molar-refractivity contribution in [1.82, 2.24) is 4.72 Å². The first-order valence-corrected chi connectivity index (χ1v) is 7.90. The Morgan fingerprint density at radius 2 is 1.95 bits per heavy atom. The van der Waals surface area contributed by atoms with E-state index in [1.54, 1.807) is 24.3 Å². The van der Waals surface area contributed by atoms with Gasteiger partial charge in [-0.25, -0.2) is 13.1 Å². The quantitative estimate of drug-likeness (QED) is 0.592. The molecule has 1 aromatic carbocycles. The lowest BCUT2D eigenvalue weighted by atomic mass is 10.3. The number of anilines is 1. The maximum atomic E-state index is 11.9. The summed E-state index contributed by atoms with van der Waals surface area (Å²) in [6.45, 7) is 0.788. The molecule has 1 aromatic rings. The molecule has 1 aliphatic carbocycles. The van der Waals surface area contributed by atoms with Gasteiger partial charge in [-0.3, -0.25) is 0 Å². The van der Waals surface area contributed by atoms with Crippen LogP contribution in [-0.2, 0) is 10.0 Å². The maximum absolute atomic E-state index is 11.9. The van der Waals surface area contributed by atoms with E-state index in [0.717, 1.165) is 37.9 Å². The molecular weight excluding hydrogens is 260 g/mol. The third-order valence-electron chi connectivity index (χ3n) is 2.89. The van der Waals surface area contributed by atoms with Crippen molar-refractivity contribution in [3.63, 3.8) is 0 Å². The first-order valence-electron chi connectivity index (χ1n) is 6.41. The van der Waals surface area contributed by atoms with Crippen molar-refractivity contribution in [1.29, 1.82) is 0 Å². The fourth-order valence-corrected chi connectivity index (χ4v) is 2.97. The van der Waals surface area contributed by atoms with E-state index in [-0.39, 0.29) is 6.04 Å². The summed E-state index contributed by atoms with van der Waals surface area (Å²) in [4.78, 5) is 0.313. The number of unbranched alkanes of at least 4 members (excludes halogenated alkanes) is 1. The number of terminal acetylenes is 1. The average molecular weight is 278 g/mol. The molecule has 5 heteroatoms. The third-order valence-corrected chi connectivity index (χ3v) is 4.43. The Hall–Kier alpha value is -1.51. The molecule has 0 aromatic heterocycles. The minimum Gasteiger partial charge on any atom is -0.385 e. The van der Waals surface area contributed by atoms with E-state index in [2.05, 4.69) is 16.0 Å². The summed E-state index contributed by atoms with van der Waals surface area (Å²) in [5, 5.41) is 3.20. The number of nitrogens with one attached hydrogen (secondary N) is 2. The van der Waals surface area contributed by atoms with Crippen LogP contribution in [0.3, 0.4) is 0 Å². The van der Waals surface area contributed by atoms with E-state index >= 15 is 0 Å². The van der Waals surface area contributed by atoms with Gasteiger partial charge in [0.25, 0.3) is 0 Å². The Bertz CT molecular complexity index is 554. The Balaban J connectivity index is 1.92. The molecule has 1 fully saturated rings. The summed E-state index contributed by atoms with van der Waals surface area (Å²) < 4.78 is 26.5. The highest BCUT2D eigenvalue weighted by Crippen LogP contribution is 2.22. The second-order valence-corrected chi connectivity index (χ2v) is 6.37. The third kappa shape index (κ3) is 4.27. The summed E-state index contributed by atoms with van der Waals surface area (Å²) in [6, 6.07) is 6.92. The monoisotopic (exact) mass is 278 g/mol. The maximum Gasteiger partial charge on any atom is 0.240 e. The number of rotatable bonds is 7. The molecule has 0 spiro atoms. The van der Waals surface area contributed by atoms with Gasteiger partial charge in [-0.15, -0.1) is 12.3 Å². The largest absolute Gasteiger partial charge is 0.385 e. The first-order chi connectivity index (χ1) is 9.12. The van der Waals surface area contributed by atoms with Crippen molar-refractivity contribution in [2.24, 2.45) is 0 Å². The molecule has 0 unspecified atom stereocenters. The van der Waals surface area contributed by atoms with E-state index in [9.17, 15) is 8.42 Å². The zero-order valence-corrected chi connectivity index (χ0v) is 11.5. The van der Waals surface area contributed by atoms with Crippen LogP contribution >= 0.6 is 0 Å². The smallest absolute Gasteiger partial charge is 0.240 e. The van der Waals surface area contributed by atoms with E-state index in [4.69, 9.17) is 6.42 Å². The van der Waals surface area contributed by atoms with Crippen LogP contribution in [0.4, 0.5) is 5.69 Å². The SMILES string of the molecule is C#CCCCNc1ccc(S(=O)(=O)NC2CC2)cc1. The first kappa shape index (κ1) is 13.9. The molecular formula is C14H18N2O2S. The van der Waals surface area contributed by atoms with Gasteiger partial charge >= 0.3 is 0 Å². The van der Waals surface area contributed by atoms with Gasteiger partial charge in [0.2, 0.25) is 10.0 Å². The molecule has 0 aliphatic heterocycles. The van der Waals surface area contributed by atoms with Crippen molar-refractivity contribution in [3.8, 4) is 12.3 Å². The Kier molecular flexibility index (Phi) is 4.46. The molecule has 4 nitrogen and oxygen atoms in total. The molecule has 0 saturated heterocycles. The summed E-state index contributed by atoms with van der Waals surface area (Å²) in [7, 11) is -3.35. The summed E-state index contributed by atoms with van der Waals surface area (Å²) in [5.41, 5.74) is 0.905. The molecule has 0 radical (unpaired) electrons. The van der Waals surface area contributed by atoms with Crippen LogP contribution in [-0.4, -0.2) is 21.0 Å². The van der Waals surface area contributed by atoms with Crippen molar-refractivity contribution in [2.45, 2.75) is 36.6 Å². The van der Waals surface area contributed by atoms with Crippen LogP contribution in [0.5, 0.6) is 0 Å². The van der Waals surface area contributed by atoms with E-state index in [1.165, 1.54) is 0 Å². The fourth-order valence-electron chi connectivity index (χ4n) is 1.66. The van der Waals surface area contributed by atoms with Crippen molar-refractivity contribution in [2.75, 3.05) is 11.9 Å². The minimum atomic E-state index is -3.35. The van der Waals surface area contributed by atoms with Crippen molar-refractivity contribution < 1.29 is 8.42 Å². The van der Waals surface area contributed by atoms with Gasteiger partial charge in [0.15, 0.2) is 0 Å². The van der Waals surface area contributed by atoms with Crippen LogP contribution in [0, 0.1) is 12.3 Å². The highest BCUT2D eigenvalue weighted by molar-refractivity contribution is 7.89. The van der Waals surface area contributed by atoms with Crippen LogP contribution < -0.4 is 10.0 Å². The molecule has 1 aliphatic rings. The average Bonchev–Trinajstić information content (AvgIpc) is 3.18. The van der Waals surface area contributed by atoms with E-state index in [1.807, 2.05) is 0 Å². The van der Waals surface area contributed by atoms with Gasteiger partial charge in [-0.1, -0.05) is 0 Å². The molecule has 0 bridgehead atoms. The van der Waals surface area contributed by atoms with Gasteiger partial charge < -0.3 is 5.32 Å². The zero-order valence-electron chi connectivity index (χ0n) is 10.7. The van der Waals surface area contributed by atoms with Crippen LogP contribution in [0.1, 0.15) is 25.7 Å².